The van der Waals surface area contributed by atoms with Gasteiger partial charge in [0, 0.05) is 10.9 Å². The van der Waals surface area contributed by atoms with Gasteiger partial charge in [0.05, 0.1) is 18.2 Å². The van der Waals surface area contributed by atoms with Crippen molar-refractivity contribution in [3.05, 3.63) is 64.1 Å². The first-order valence-electron chi connectivity index (χ1n) is 7.20. The maximum absolute atomic E-state index is 11.7. The third-order valence-corrected chi connectivity index (χ3v) is 3.62. The van der Waals surface area contributed by atoms with Gasteiger partial charge in [-0.3, -0.25) is 4.79 Å². The van der Waals surface area contributed by atoms with Crippen LogP contribution in [0.15, 0.2) is 53.0 Å². The first kappa shape index (κ1) is 17.0. The number of hydrogen-bond donors (Lipinski definition) is 0. The SMILES string of the molecule is N#Cc1ccc(COC(=O)CCCOc2ccc(Br)cc2)cc1. The molecule has 0 atom stereocenters. The fourth-order valence-corrected chi connectivity index (χ4v) is 2.11. The summed E-state index contributed by atoms with van der Waals surface area (Å²) in [5, 5.41) is 8.71. The minimum atomic E-state index is -0.256. The lowest BCUT2D eigenvalue weighted by atomic mass is 10.2. The summed E-state index contributed by atoms with van der Waals surface area (Å²) in [4.78, 5) is 11.7. The molecule has 2 aromatic rings. The molecule has 2 aromatic carbocycles. The van der Waals surface area contributed by atoms with Crippen molar-refractivity contribution < 1.29 is 14.3 Å². The zero-order chi connectivity index (χ0) is 16.5. The maximum atomic E-state index is 11.7. The van der Waals surface area contributed by atoms with Gasteiger partial charge in [-0.15, -0.1) is 0 Å². The van der Waals surface area contributed by atoms with E-state index in [1.54, 1.807) is 24.3 Å². The summed E-state index contributed by atoms with van der Waals surface area (Å²) in [6.45, 7) is 0.686. The molecule has 0 aliphatic rings. The molecule has 118 valence electrons. The van der Waals surface area contributed by atoms with E-state index in [9.17, 15) is 4.79 Å². The number of benzene rings is 2. The van der Waals surface area contributed by atoms with Crippen LogP contribution < -0.4 is 4.74 Å². The molecule has 0 saturated heterocycles. The van der Waals surface area contributed by atoms with E-state index in [-0.39, 0.29) is 12.6 Å². The minimum Gasteiger partial charge on any atom is -0.494 e. The van der Waals surface area contributed by atoms with E-state index in [0.717, 1.165) is 15.8 Å². The van der Waals surface area contributed by atoms with Gasteiger partial charge in [-0.1, -0.05) is 28.1 Å². The first-order chi connectivity index (χ1) is 11.2. The van der Waals surface area contributed by atoms with E-state index >= 15 is 0 Å². The molecular formula is C18H16BrNO3. The van der Waals surface area contributed by atoms with E-state index in [2.05, 4.69) is 15.9 Å². The van der Waals surface area contributed by atoms with Gasteiger partial charge in [0.2, 0.25) is 0 Å². The third-order valence-electron chi connectivity index (χ3n) is 3.09. The minimum absolute atomic E-state index is 0.220. The standard InChI is InChI=1S/C18H16BrNO3/c19-16-7-9-17(10-8-16)22-11-1-2-18(21)23-13-15-5-3-14(12-20)4-6-15/h3-10H,1-2,11,13H2. The molecule has 4 nitrogen and oxygen atoms in total. The van der Waals surface area contributed by atoms with Gasteiger partial charge in [-0.2, -0.15) is 5.26 Å². The van der Waals surface area contributed by atoms with Crippen LogP contribution in [0.1, 0.15) is 24.0 Å². The van der Waals surface area contributed by atoms with Crippen LogP contribution in [-0.2, 0) is 16.1 Å². The van der Waals surface area contributed by atoms with Crippen LogP contribution in [0.25, 0.3) is 0 Å². The number of carbonyl (C=O) groups excluding carboxylic acids is 1. The molecular weight excluding hydrogens is 358 g/mol. The smallest absolute Gasteiger partial charge is 0.306 e. The molecule has 0 N–H and O–H groups in total. The van der Waals surface area contributed by atoms with Gasteiger partial charge < -0.3 is 9.47 Å². The number of halogens is 1. The number of esters is 1. The van der Waals surface area contributed by atoms with Gasteiger partial charge in [0.25, 0.3) is 0 Å². The summed E-state index contributed by atoms with van der Waals surface area (Å²) in [6, 6.07) is 16.6. The molecule has 0 saturated carbocycles. The highest BCUT2D eigenvalue weighted by atomic mass is 79.9. The Labute approximate surface area is 143 Å². The van der Waals surface area contributed by atoms with Crippen molar-refractivity contribution >= 4 is 21.9 Å². The van der Waals surface area contributed by atoms with Crippen molar-refractivity contribution in [3.63, 3.8) is 0 Å². The Kier molecular flexibility index (Phi) is 6.64. The van der Waals surface area contributed by atoms with E-state index in [1.165, 1.54) is 0 Å². The second-order valence-corrected chi connectivity index (χ2v) is 5.79. The van der Waals surface area contributed by atoms with Gasteiger partial charge in [-0.05, 0) is 48.4 Å². The molecule has 0 fully saturated rings. The van der Waals surface area contributed by atoms with Crippen LogP contribution >= 0.6 is 15.9 Å². The summed E-state index contributed by atoms with van der Waals surface area (Å²) in [7, 11) is 0. The number of hydrogen-bond acceptors (Lipinski definition) is 4. The van der Waals surface area contributed by atoms with E-state index in [4.69, 9.17) is 14.7 Å². The zero-order valence-electron chi connectivity index (χ0n) is 12.5. The van der Waals surface area contributed by atoms with Gasteiger partial charge >= 0.3 is 5.97 Å². The van der Waals surface area contributed by atoms with Gasteiger partial charge in [0.15, 0.2) is 0 Å². The van der Waals surface area contributed by atoms with Crippen LogP contribution in [0, 0.1) is 11.3 Å². The van der Waals surface area contributed by atoms with Crippen LogP contribution in [-0.4, -0.2) is 12.6 Å². The Morgan fingerprint density at radius 2 is 1.78 bits per heavy atom. The highest BCUT2D eigenvalue weighted by Crippen LogP contribution is 2.16. The van der Waals surface area contributed by atoms with Crippen LogP contribution in [0.5, 0.6) is 5.75 Å². The molecule has 0 spiro atoms. The second-order valence-electron chi connectivity index (χ2n) is 4.88. The molecule has 5 heteroatoms. The van der Waals surface area contributed by atoms with E-state index < -0.39 is 0 Å². The highest BCUT2D eigenvalue weighted by molar-refractivity contribution is 9.10. The molecule has 23 heavy (non-hydrogen) atoms. The van der Waals surface area contributed by atoms with Crippen molar-refractivity contribution in [3.8, 4) is 11.8 Å². The lowest BCUT2D eigenvalue weighted by molar-refractivity contribution is -0.145. The summed E-state index contributed by atoms with van der Waals surface area (Å²) in [5.74, 6) is 0.521. The van der Waals surface area contributed by atoms with Crippen LogP contribution in [0.3, 0.4) is 0 Å². The lowest BCUT2D eigenvalue weighted by Crippen LogP contribution is -2.07. The normalized spacial score (nSPS) is 9.91. The Morgan fingerprint density at radius 1 is 1.09 bits per heavy atom. The number of ether oxygens (including phenoxy) is 2. The zero-order valence-corrected chi connectivity index (χ0v) is 14.1. The number of rotatable bonds is 7. The van der Waals surface area contributed by atoms with Crippen molar-refractivity contribution in [1.82, 2.24) is 0 Å². The first-order valence-corrected chi connectivity index (χ1v) is 8.00. The highest BCUT2D eigenvalue weighted by Gasteiger charge is 2.04. The topological polar surface area (TPSA) is 59.3 Å². The Morgan fingerprint density at radius 3 is 2.43 bits per heavy atom. The number of carbonyl (C=O) groups is 1. The Balaban J connectivity index is 1.63. The maximum Gasteiger partial charge on any atom is 0.306 e. The molecule has 0 aliphatic carbocycles. The van der Waals surface area contributed by atoms with Crippen molar-refractivity contribution in [2.24, 2.45) is 0 Å². The molecule has 0 bridgehead atoms. The Hall–Kier alpha value is -2.32. The number of nitriles is 1. The molecule has 2 rings (SSSR count). The molecule has 0 unspecified atom stereocenters. The van der Waals surface area contributed by atoms with E-state index in [1.807, 2.05) is 30.3 Å². The van der Waals surface area contributed by atoms with Crippen molar-refractivity contribution in [2.75, 3.05) is 6.61 Å². The number of nitrogens with zero attached hydrogens (tertiary/aromatic N) is 1. The molecule has 0 aromatic heterocycles. The predicted octanol–water partition coefficient (Wildman–Crippen LogP) is 4.22. The largest absolute Gasteiger partial charge is 0.494 e. The molecule has 0 amide bonds. The lowest BCUT2D eigenvalue weighted by Gasteiger charge is -2.07. The van der Waals surface area contributed by atoms with Crippen LogP contribution in [0.2, 0.25) is 0 Å². The average molecular weight is 374 g/mol. The quantitative estimate of drug-likeness (QED) is 0.538. The summed E-state index contributed by atoms with van der Waals surface area (Å²) < 4.78 is 11.7. The van der Waals surface area contributed by atoms with Gasteiger partial charge in [0.1, 0.15) is 12.4 Å². The summed E-state index contributed by atoms with van der Waals surface area (Å²) in [5.41, 5.74) is 1.45. The second kappa shape index (κ2) is 8.96. The van der Waals surface area contributed by atoms with Crippen LogP contribution in [0.4, 0.5) is 0 Å². The van der Waals surface area contributed by atoms with E-state index in [0.29, 0.717) is 25.0 Å². The monoisotopic (exact) mass is 373 g/mol. The van der Waals surface area contributed by atoms with Crippen molar-refractivity contribution in [1.29, 1.82) is 5.26 Å². The summed E-state index contributed by atoms with van der Waals surface area (Å²) in [6.07, 6.45) is 0.912. The molecule has 0 heterocycles. The molecule has 0 aliphatic heterocycles. The van der Waals surface area contributed by atoms with Gasteiger partial charge in [-0.25, -0.2) is 0 Å². The summed E-state index contributed by atoms with van der Waals surface area (Å²) >= 11 is 3.36. The predicted molar refractivity (Wildman–Crippen MR) is 89.8 cm³/mol. The average Bonchev–Trinajstić information content (AvgIpc) is 2.59. The molecule has 0 radical (unpaired) electrons. The fraction of sp³-hybridized carbons (Fsp3) is 0.222. The van der Waals surface area contributed by atoms with Crippen molar-refractivity contribution in [2.45, 2.75) is 19.4 Å². The third kappa shape index (κ3) is 6.13. The fourth-order valence-electron chi connectivity index (χ4n) is 1.85. The Bertz CT molecular complexity index is 675.